The second kappa shape index (κ2) is 6.33. The van der Waals surface area contributed by atoms with Crippen LogP contribution in [-0.2, 0) is 4.79 Å². The van der Waals surface area contributed by atoms with Crippen LogP contribution in [0.25, 0.3) is 0 Å². The number of aryl methyl sites for hydroxylation is 1. The second-order valence-corrected chi connectivity index (χ2v) is 6.22. The van der Waals surface area contributed by atoms with Gasteiger partial charge in [-0.25, -0.2) is 0 Å². The Labute approximate surface area is 119 Å². The third kappa shape index (κ3) is 3.44. The highest BCUT2D eigenvalue weighted by Gasteiger charge is 2.23. The number of carbonyl (C=O) groups excluding carboxylic acids is 1. The van der Waals surface area contributed by atoms with E-state index in [-0.39, 0.29) is 5.91 Å². The number of rotatable bonds is 3. The van der Waals surface area contributed by atoms with Crippen LogP contribution in [0.1, 0.15) is 31.7 Å². The minimum Gasteiger partial charge on any atom is -0.398 e. The van der Waals surface area contributed by atoms with Gasteiger partial charge < -0.3 is 10.6 Å². The maximum Gasteiger partial charge on any atom is 0.233 e. The van der Waals surface area contributed by atoms with Crippen molar-refractivity contribution in [3.05, 3.63) is 23.8 Å². The number of amides is 1. The van der Waals surface area contributed by atoms with E-state index in [9.17, 15) is 4.79 Å². The van der Waals surface area contributed by atoms with Gasteiger partial charge in [0, 0.05) is 23.2 Å². The summed E-state index contributed by atoms with van der Waals surface area (Å²) in [7, 11) is 0. The molecule has 3 nitrogen and oxygen atoms in total. The summed E-state index contributed by atoms with van der Waals surface area (Å²) in [5.41, 5.74) is 7.90. The molecular weight excluding hydrogens is 256 g/mol. The van der Waals surface area contributed by atoms with Crippen molar-refractivity contribution in [1.82, 2.24) is 4.90 Å². The van der Waals surface area contributed by atoms with E-state index in [4.69, 9.17) is 5.73 Å². The van der Waals surface area contributed by atoms with Gasteiger partial charge in [-0.05, 0) is 44.7 Å². The van der Waals surface area contributed by atoms with E-state index in [0.717, 1.165) is 35.5 Å². The van der Waals surface area contributed by atoms with E-state index >= 15 is 0 Å². The SMILES string of the molecule is Cc1cccc(SCC(=O)N2CCCCC2C)c1N. The number of thioether (sulfide) groups is 1. The van der Waals surface area contributed by atoms with Crippen LogP contribution in [0, 0.1) is 6.92 Å². The molecule has 19 heavy (non-hydrogen) atoms. The molecule has 1 fully saturated rings. The summed E-state index contributed by atoms with van der Waals surface area (Å²) in [6.45, 7) is 5.04. The molecule has 0 radical (unpaired) electrons. The molecule has 0 bridgehead atoms. The summed E-state index contributed by atoms with van der Waals surface area (Å²) >= 11 is 1.55. The molecule has 2 rings (SSSR count). The normalized spacial score (nSPS) is 19.5. The molecule has 1 unspecified atom stereocenters. The fourth-order valence-corrected chi connectivity index (χ4v) is 3.41. The number of para-hydroxylation sites is 1. The number of benzene rings is 1. The Morgan fingerprint density at radius 1 is 1.47 bits per heavy atom. The summed E-state index contributed by atoms with van der Waals surface area (Å²) in [6.07, 6.45) is 3.50. The minimum absolute atomic E-state index is 0.234. The Morgan fingerprint density at radius 3 is 3.00 bits per heavy atom. The number of nitrogen functional groups attached to an aromatic ring is 1. The Bertz CT molecular complexity index is 461. The first-order valence-electron chi connectivity index (χ1n) is 6.87. The molecule has 1 saturated heterocycles. The quantitative estimate of drug-likeness (QED) is 0.683. The third-order valence-corrected chi connectivity index (χ3v) is 4.82. The monoisotopic (exact) mass is 278 g/mol. The predicted octanol–water partition coefficient (Wildman–Crippen LogP) is 3.07. The van der Waals surface area contributed by atoms with Crippen LogP contribution in [0.3, 0.4) is 0 Å². The van der Waals surface area contributed by atoms with Crippen LogP contribution in [0.5, 0.6) is 0 Å². The molecule has 104 valence electrons. The average Bonchev–Trinajstić information content (AvgIpc) is 2.40. The van der Waals surface area contributed by atoms with E-state index in [1.54, 1.807) is 11.8 Å². The van der Waals surface area contributed by atoms with Crippen molar-refractivity contribution in [3.8, 4) is 0 Å². The zero-order chi connectivity index (χ0) is 13.8. The van der Waals surface area contributed by atoms with Crippen molar-refractivity contribution < 1.29 is 4.79 Å². The van der Waals surface area contributed by atoms with Gasteiger partial charge in [-0.15, -0.1) is 11.8 Å². The molecule has 0 aromatic heterocycles. The van der Waals surface area contributed by atoms with Gasteiger partial charge in [-0.1, -0.05) is 12.1 Å². The highest BCUT2D eigenvalue weighted by molar-refractivity contribution is 8.00. The van der Waals surface area contributed by atoms with Crippen LogP contribution in [0.15, 0.2) is 23.1 Å². The smallest absolute Gasteiger partial charge is 0.233 e. The molecule has 1 aliphatic heterocycles. The maximum absolute atomic E-state index is 12.2. The second-order valence-electron chi connectivity index (χ2n) is 5.21. The lowest BCUT2D eigenvalue weighted by Gasteiger charge is -2.33. The molecule has 1 aromatic carbocycles. The van der Waals surface area contributed by atoms with Crippen molar-refractivity contribution in [2.24, 2.45) is 0 Å². The van der Waals surface area contributed by atoms with Gasteiger partial charge in [0.25, 0.3) is 0 Å². The maximum atomic E-state index is 12.2. The molecular formula is C15H22N2OS. The largest absolute Gasteiger partial charge is 0.398 e. The van der Waals surface area contributed by atoms with E-state index in [1.165, 1.54) is 6.42 Å². The van der Waals surface area contributed by atoms with E-state index < -0.39 is 0 Å². The Balaban J connectivity index is 1.94. The van der Waals surface area contributed by atoms with Crippen LogP contribution >= 0.6 is 11.8 Å². The lowest BCUT2D eigenvalue weighted by atomic mass is 10.0. The molecule has 1 heterocycles. The molecule has 2 N–H and O–H groups in total. The van der Waals surface area contributed by atoms with Crippen molar-refractivity contribution in [2.45, 2.75) is 44.0 Å². The van der Waals surface area contributed by atoms with Gasteiger partial charge in [-0.3, -0.25) is 4.79 Å². The fraction of sp³-hybridized carbons (Fsp3) is 0.533. The van der Waals surface area contributed by atoms with Crippen LogP contribution in [0.2, 0.25) is 0 Å². The van der Waals surface area contributed by atoms with E-state index in [2.05, 4.69) is 6.92 Å². The summed E-state index contributed by atoms with van der Waals surface area (Å²) in [5, 5.41) is 0. The molecule has 1 aromatic rings. The zero-order valence-corrected chi connectivity index (χ0v) is 12.5. The lowest BCUT2D eigenvalue weighted by Crippen LogP contribution is -2.42. The average molecular weight is 278 g/mol. The number of nitrogens with zero attached hydrogens (tertiary/aromatic N) is 1. The first-order valence-corrected chi connectivity index (χ1v) is 7.85. The van der Waals surface area contributed by atoms with Crippen LogP contribution < -0.4 is 5.73 Å². The topological polar surface area (TPSA) is 46.3 Å². The predicted molar refractivity (Wildman–Crippen MR) is 81.3 cm³/mol. The molecule has 1 amide bonds. The number of piperidine rings is 1. The summed E-state index contributed by atoms with van der Waals surface area (Å²) < 4.78 is 0. The highest BCUT2D eigenvalue weighted by atomic mass is 32.2. The highest BCUT2D eigenvalue weighted by Crippen LogP contribution is 2.28. The van der Waals surface area contributed by atoms with Crippen LogP contribution in [-0.4, -0.2) is 29.1 Å². The first-order chi connectivity index (χ1) is 9.09. The van der Waals surface area contributed by atoms with E-state index in [1.807, 2.05) is 30.0 Å². The van der Waals surface area contributed by atoms with Crippen molar-refractivity contribution >= 4 is 23.4 Å². The molecule has 1 atom stereocenters. The number of hydrogen-bond donors (Lipinski definition) is 1. The summed E-state index contributed by atoms with van der Waals surface area (Å²) in [5.74, 6) is 0.718. The summed E-state index contributed by atoms with van der Waals surface area (Å²) in [6, 6.07) is 6.35. The summed E-state index contributed by atoms with van der Waals surface area (Å²) in [4.78, 5) is 15.3. The Morgan fingerprint density at radius 2 is 2.26 bits per heavy atom. The van der Waals surface area contributed by atoms with E-state index in [0.29, 0.717) is 11.8 Å². The standard InChI is InChI=1S/C15H22N2OS/c1-11-6-5-8-13(15(11)16)19-10-14(18)17-9-4-3-7-12(17)2/h5-6,8,12H,3-4,7,9-10,16H2,1-2H3. The first kappa shape index (κ1) is 14.3. The van der Waals surface area contributed by atoms with Gasteiger partial charge >= 0.3 is 0 Å². The Hall–Kier alpha value is -1.16. The molecule has 1 aliphatic rings. The number of carbonyl (C=O) groups is 1. The number of anilines is 1. The fourth-order valence-electron chi connectivity index (χ4n) is 2.47. The lowest BCUT2D eigenvalue weighted by molar-refractivity contribution is -0.131. The number of nitrogens with two attached hydrogens (primary N) is 1. The molecule has 4 heteroatoms. The van der Waals surface area contributed by atoms with Crippen molar-refractivity contribution in [1.29, 1.82) is 0 Å². The van der Waals surface area contributed by atoms with Crippen LogP contribution in [0.4, 0.5) is 5.69 Å². The zero-order valence-electron chi connectivity index (χ0n) is 11.7. The third-order valence-electron chi connectivity index (χ3n) is 3.76. The number of hydrogen-bond acceptors (Lipinski definition) is 3. The Kier molecular flexibility index (Phi) is 4.75. The molecule has 0 aliphatic carbocycles. The van der Waals surface area contributed by atoms with Crippen molar-refractivity contribution in [2.75, 3.05) is 18.0 Å². The van der Waals surface area contributed by atoms with Gasteiger partial charge in [0.15, 0.2) is 0 Å². The molecule has 0 saturated carbocycles. The minimum atomic E-state index is 0.234. The van der Waals surface area contributed by atoms with Gasteiger partial charge in [0.05, 0.1) is 5.75 Å². The van der Waals surface area contributed by atoms with Crippen molar-refractivity contribution in [3.63, 3.8) is 0 Å². The molecule has 0 spiro atoms. The number of likely N-dealkylation sites (tertiary alicyclic amines) is 1. The van der Waals surface area contributed by atoms with Gasteiger partial charge in [0.2, 0.25) is 5.91 Å². The van der Waals surface area contributed by atoms with Gasteiger partial charge in [-0.2, -0.15) is 0 Å². The van der Waals surface area contributed by atoms with Gasteiger partial charge in [0.1, 0.15) is 0 Å².